The maximum absolute atomic E-state index is 15.5. The number of aromatic nitrogens is 2. The lowest BCUT2D eigenvalue weighted by atomic mass is 9.79. The van der Waals surface area contributed by atoms with Crippen LogP contribution in [0.1, 0.15) is 81.1 Å². The number of fused-ring (bicyclic) bond motifs is 8. The summed E-state index contributed by atoms with van der Waals surface area (Å²) >= 11 is 1.68. The van der Waals surface area contributed by atoms with E-state index in [1.165, 1.54) is 12.1 Å². The van der Waals surface area contributed by atoms with Gasteiger partial charge >= 0.3 is 35.1 Å². The number of carbonyl (C=O) groups excluding carboxylic acids is 7. The van der Waals surface area contributed by atoms with Gasteiger partial charge in [-0.3, -0.25) is 14.4 Å². The predicted molar refractivity (Wildman–Crippen MR) is 304 cm³/mol. The van der Waals surface area contributed by atoms with E-state index in [1.54, 1.807) is 146 Å². The molecule has 3 atom stereocenters. The van der Waals surface area contributed by atoms with Gasteiger partial charge in [-0.25, -0.2) is 29.2 Å². The van der Waals surface area contributed by atoms with Crippen molar-refractivity contribution in [1.29, 1.82) is 0 Å². The summed E-state index contributed by atoms with van der Waals surface area (Å²) in [5.74, 6) is -8.31. The summed E-state index contributed by atoms with van der Waals surface area (Å²) in [6.07, 6.45) is 1.16. The van der Waals surface area contributed by atoms with E-state index < -0.39 is 70.4 Å². The van der Waals surface area contributed by atoms with E-state index in [-0.39, 0.29) is 97.4 Å². The van der Waals surface area contributed by atoms with Crippen molar-refractivity contribution < 1.29 is 67.1 Å². The van der Waals surface area contributed by atoms with Gasteiger partial charge in [0, 0.05) is 39.7 Å². The van der Waals surface area contributed by atoms with Crippen LogP contribution in [0, 0.1) is 11.8 Å². The Hall–Kier alpha value is -9.63. The minimum atomic E-state index is -2.92. The number of carbonyl (C=O) groups is 7. The Morgan fingerprint density at radius 1 is 0.512 bits per heavy atom. The Bertz CT molecular complexity index is 3930. The number of ether oxygens (including phenoxy) is 6. The third-order valence-electron chi connectivity index (χ3n) is 15.4. The van der Waals surface area contributed by atoms with E-state index >= 15 is 19.2 Å². The second-order valence-electron chi connectivity index (χ2n) is 20.5. The Morgan fingerprint density at radius 3 is 1.27 bits per heavy atom. The van der Waals surface area contributed by atoms with E-state index in [4.69, 9.17) is 28.4 Å². The number of Topliss-reactive ketones (excluding diaryl/α,β-unsaturated/α-hetero) is 3. The van der Waals surface area contributed by atoms with Crippen LogP contribution < -0.4 is 9.47 Å². The molecule has 2 aliphatic heterocycles. The molecule has 418 valence electrons. The van der Waals surface area contributed by atoms with Crippen molar-refractivity contribution in [3.05, 3.63) is 202 Å². The number of hydrogen-bond donors (Lipinski definition) is 1. The summed E-state index contributed by atoms with van der Waals surface area (Å²) in [6, 6.07) is 43.9. The van der Waals surface area contributed by atoms with Crippen LogP contribution in [0.2, 0.25) is 0 Å². The van der Waals surface area contributed by atoms with Crippen molar-refractivity contribution in [3.8, 4) is 32.6 Å². The van der Waals surface area contributed by atoms with E-state index in [1.807, 2.05) is 0 Å². The molecule has 1 N–H and O–H groups in total. The van der Waals surface area contributed by atoms with Crippen LogP contribution in [-0.2, 0) is 85.3 Å². The molecule has 0 saturated heterocycles. The molecule has 20 heteroatoms. The molecule has 0 amide bonds. The Morgan fingerprint density at radius 2 is 0.881 bits per heavy atom. The average molecular weight is 1160 g/mol. The molecule has 4 heterocycles. The first-order valence-electron chi connectivity index (χ1n) is 26.9. The summed E-state index contributed by atoms with van der Waals surface area (Å²) in [5.41, 5.74) is -4.25. The number of aliphatic hydroxyl groups is 1. The van der Waals surface area contributed by atoms with Gasteiger partial charge < -0.3 is 33.5 Å². The van der Waals surface area contributed by atoms with Crippen molar-refractivity contribution in [1.82, 2.24) is 9.97 Å². The fourth-order valence-corrected chi connectivity index (χ4v) is 13.0. The van der Waals surface area contributed by atoms with Gasteiger partial charge in [0.2, 0.25) is 27.8 Å². The van der Waals surface area contributed by atoms with Crippen molar-refractivity contribution >= 4 is 85.6 Å². The highest BCUT2D eigenvalue weighted by Crippen LogP contribution is 2.58. The first-order chi connectivity index (χ1) is 40.9. The molecule has 8 aromatic rings. The summed E-state index contributed by atoms with van der Waals surface area (Å²) in [6.45, 7) is -1.44. The van der Waals surface area contributed by atoms with Crippen molar-refractivity contribution in [2.75, 3.05) is 0 Å². The molecule has 13 rings (SSSR count). The smallest absolute Gasteiger partial charge is 0.367 e. The molecule has 0 radical (unpaired) electrons. The number of thiazole rings is 2. The second kappa shape index (κ2) is 21.9. The Labute approximate surface area is 486 Å². The highest BCUT2D eigenvalue weighted by molar-refractivity contribution is 7.19. The van der Waals surface area contributed by atoms with Gasteiger partial charge in [-0.1, -0.05) is 181 Å². The third-order valence-corrected chi connectivity index (χ3v) is 17.3. The molecular formula is C64H46N4O14S2. The zero-order valence-corrected chi connectivity index (χ0v) is 45.9. The minimum Gasteiger partial charge on any atom is -0.457 e. The summed E-state index contributed by atoms with van der Waals surface area (Å²) in [4.78, 5) is 122. The molecule has 5 aliphatic rings. The number of esters is 4. The van der Waals surface area contributed by atoms with Crippen LogP contribution in [0.3, 0.4) is 0 Å². The number of rotatable bonds is 14. The topological polar surface area (TPSA) is 246 Å². The van der Waals surface area contributed by atoms with E-state index in [0.29, 0.717) is 40.7 Å². The summed E-state index contributed by atoms with van der Waals surface area (Å²) < 4.78 is 37.6. The lowest BCUT2D eigenvalue weighted by molar-refractivity contribution is -0.185. The van der Waals surface area contributed by atoms with Gasteiger partial charge in [0.15, 0.2) is 17.3 Å². The van der Waals surface area contributed by atoms with Gasteiger partial charge in [0.05, 0.1) is 0 Å². The van der Waals surface area contributed by atoms with Crippen LogP contribution in [-0.4, -0.2) is 67.7 Å². The molecule has 18 nitrogen and oxygen atoms in total. The molecule has 2 aromatic heterocycles. The van der Waals surface area contributed by atoms with Gasteiger partial charge in [-0.2, -0.15) is 9.97 Å². The fourth-order valence-electron chi connectivity index (χ4n) is 11.2. The molecule has 0 spiro atoms. The van der Waals surface area contributed by atoms with Crippen molar-refractivity contribution in [3.63, 3.8) is 0 Å². The lowest BCUT2D eigenvalue weighted by Gasteiger charge is -2.38. The van der Waals surface area contributed by atoms with Crippen molar-refractivity contribution in [2.45, 2.75) is 69.4 Å². The molecule has 84 heavy (non-hydrogen) atoms. The predicted octanol–water partition coefficient (Wildman–Crippen LogP) is 10.1. The first-order valence-corrected chi connectivity index (χ1v) is 28.6. The zero-order chi connectivity index (χ0) is 57.7. The number of aliphatic hydroxyl groups excluding tert-OH is 1. The SMILES string of the molecule is O=C1C(=Nc2nc3c(s2)-c2cc4c(cc2C(C(=O)OCc2ccccc2)(C(=O)OCc2ccccc2)O3)-c2sc(N=C3C(=O)C5CCCCC5C3=O)nc2OC4(C(=O)OCc2ccccc2)C(=O)OCc2ccccc2)C(O)c2ccccc21. The van der Waals surface area contributed by atoms with Crippen LogP contribution >= 0.6 is 22.7 Å². The number of ketones is 3. The highest BCUT2D eigenvalue weighted by Gasteiger charge is 2.63. The average Bonchev–Trinajstić information content (AvgIpc) is 1.27. The molecule has 3 aliphatic carbocycles. The Balaban J connectivity index is 1.05. The molecule has 6 aromatic carbocycles. The van der Waals surface area contributed by atoms with Gasteiger partial charge in [-0.15, -0.1) is 0 Å². The highest BCUT2D eigenvalue weighted by atomic mass is 32.1. The number of hydrogen-bond acceptors (Lipinski definition) is 20. The van der Waals surface area contributed by atoms with Crippen LogP contribution in [0.5, 0.6) is 11.8 Å². The molecule has 3 unspecified atom stereocenters. The lowest BCUT2D eigenvalue weighted by Crippen LogP contribution is -2.54. The van der Waals surface area contributed by atoms with Crippen LogP contribution in [0.25, 0.3) is 20.9 Å². The van der Waals surface area contributed by atoms with E-state index in [9.17, 15) is 19.5 Å². The van der Waals surface area contributed by atoms with Gasteiger partial charge in [0.1, 0.15) is 48.0 Å². The maximum atomic E-state index is 15.5. The molecule has 2 fully saturated rings. The summed E-state index contributed by atoms with van der Waals surface area (Å²) in [5, 5.41) is 11.1. The largest absolute Gasteiger partial charge is 0.457 e. The van der Waals surface area contributed by atoms with Gasteiger partial charge in [-0.05, 0) is 52.8 Å². The minimum absolute atomic E-state index is 0.0458. The molecule has 2 saturated carbocycles. The quantitative estimate of drug-likeness (QED) is 0.0604. The molecule has 0 bridgehead atoms. The zero-order valence-electron chi connectivity index (χ0n) is 44.3. The number of aliphatic imine (C=N–C) groups is 2. The van der Waals surface area contributed by atoms with E-state index in [0.717, 1.165) is 35.5 Å². The number of nitrogens with zero attached hydrogens (tertiary/aromatic N) is 4. The van der Waals surface area contributed by atoms with Crippen molar-refractivity contribution in [2.24, 2.45) is 21.8 Å². The van der Waals surface area contributed by atoms with Crippen LogP contribution in [0.4, 0.5) is 10.3 Å². The third kappa shape index (κ3) is 9.37. The maximum Gasteiger partial charge on any atom is 0.367 e. The van der Waals surface area contributed by atoms with E-state index in [2.05, 4.69) is 20.0 Å². The van der Waals surface area contributed by atoms with Crippen LogP contribution in [0.15, 0.2) is 168 Å². The second-order valence-corrected chi connectivity index (χ2v) is 22.5. The monoisotopic (exact) mass is 1160 g/mol. The summed E-state index contributed by atoms with van der Waals surface area (Å²) in [7, 11) is 0. The normalized spacial score (nSPS) is 18.8. The standard InChI is InChI=1S/C64H46N4O14S2/c69-49-39-25-13-14-26-40(39)50(70)47(49)65-61-67-55-53(83-61)43-30-46-44(29-45(43)63(81-55,57(73)77-31-35-17-5-1-6-18-35)58(74)78-32-36-19-7-2-8-20-36)54-56(68-62(84-54)66-48-51(71)41-27-15-16-28-42(41)52(48)72)82-64(46,59(75)79-33-37-21-9-3-10-22-37)60(76)80-34-38-23-11-4-12-24-38/h1-14,17-26,29-30,41-42,49,69H,15-16,27-28,31-34H2. The number of benzene rings is 6. The Kier molecular flexibility index (Phi) is 14.0. The first kappa shape index (κ1) is 53.7. The molecular weight excluding hydrogens is 1110 g/mol. The van der Waals surface area contributed by atoms with Gasteiger partial charge in [0.25, 0.3) is 0 Å². The fraction of sp³-hybridized carbons (Fsp3) is 0.203.